The van der Waals surface area contributed by atoms with Crippen molar-refractivity contribution in [3.8, 4) is 0 Å². The second-order valence-electron chi connectivity index (χ2n) is 6.29. The van der Waals surface area contributed by atoms with E-state index in [0.29, 0.717) is 6.54 Å². The average Bonchev–Trinajstić information content (AvgIpc) is 3.25. The van der Waals surface area contributed by atoms with Gasteiger partial charge in [-0.2, -0.15) is 0 Å². The Labute approximate surface area is 156 Å². The summed E-state index contributed by atoms with van der Waals surface area (Å²) in [6.07, 6.45) is 0. The average molecular weight is 372 g/mol. The molecule has 3 rings (SSSR count). The van der Waals surface area contributed by atoms with Crippen molar-refractivity contribution in [1.82, 2.24) is 0 Å². The molecule has 0 saturated carbocycles. The van der Waals surface area contributed by atoms with E-state index in [0.717, 1.165) is 18.8 Å². The van der Waals surface area contributed by atoms with E-state index >= 15 is 0 Å². The van der Waals surface area contributed by atoms with Gasteiger partial charge < -0.3 is 10.2 Å². The minimum atomic E-state index is 0.0614. The number of benzene rings is 1. The molecule has 3 aromatic rings. The summed E-state index contributed by atoms with van der Waals surface area (Å²) in [7, 11) is 0. The Hall–Kier alpha value is -1.95. The molecule has 0 radical (unpaired) electrons. The second-order valence-corrected chi connectivity index (χ2v) is 8.35. The lowest BCUT2D eigenvalue weighted by atomic mass is 10.1. The first-order chi connectivity index (χ1) is 12.1. The summed E-state index contributed by atoms with van der Waals surface area (Å²) in [5, 5.41) is 7.23. The van der Waals surface area contributed by atoms with Gasteiger partial charge in [-0.1, -0.05) is 18.2 Å². The minimum Gasteiger partial charge on any atom is -0.321 e. The van der Waals surface area contributed by atoms with Crippen LogP contribution in [0.25, 0.3) is 0 Å². The van der Waals surface area contributed by atoms with Gasteiger partial charge in [-0.05, 0) is 60.0 Å². The zero-order valence-corrected chi connectivity index (χ0v) is 16.2. The smallest absolute Gasteiger partial charge is 0.279 e. The highest BCUT2D eigenvalue weighted by molar-refractivity contribution is 7.10. The Balaban J connectivity index is 1.65. The third-order valence-corrected chi connectivity index (χ3v) is 5.96. The highest BCUT2D eigenvalue weighted by atomic mass is 32.1. The number of amides is 1. The van der Waals surface area contributed by atoms with E-state index in [1.807, 2.05) is 18.2 Å². The number of hydrogen-bond acceptors (Lipinski definition) is 3. The fraction of sp³-hybridized carbons (Fsp3) is 0.250. The molecule has 0 unspecified atom stereocenters. The summed E-state index contributed by atoms with van der Waals surface area (Å²) in [6.45, 7) is 6.35. The maximum Gasteiger partial charge on any atom is 0.279 e. The number of rotatable bonds is 7. The van der Waals surface area contributed by atoms with Gasteiger partial charge in [0.15, 0.2) is 6.54 Å². The van der Waals surface area contributed by atoms with E-state index in [-0.39, 0.29) is 5.91 Å². The fourth-order valence-corrected chi connectivity index (χ4v) is 4.31. The SMILES string of the molecule is Cc1ccc(NC(=O)C[NH+](Cc2cccs2)Cc2cccs2)cc1C. The number of carbonyl (C=O) groups excluding carboxylic acids is 1. The van der Waals surface area contributed by atoms with Crippen LogP contribution in [0.3, 0.4) is 0 Å². The molecule has 1 amide bonds. The molecule has 2 heterocycles. The van der Waals surface area contributed by atoms with Crippen LogP contribution >= 0.6 is 22.7 Å². The van der Waals surface area contributed by atoms with Gasteiger partial charge in [-0.15, -0.1) is 22.7 Å². The predicted octanol–water partition coefficient (Wildman–Crippen LogP) is 3.65. The minimum absolute atomic E-state index is 0.0614. The first-order valence-corrected chi connectivity index (χ1v) is 10.1. The first kappa shape index (κ1) is 17.9. The van der Waals surface area contributed by atoms with Gasteiger partial charge in [0, 0.05) is 5.69 Å². The molecule has 1 aromatic carbocycles. The van der Waals surface area contributed by atoms with Crippen LogP contribution in [0.2, 0.25) is 0 Å². The standard InChI is InChI=1S/C20H22N2OS2/c1-15-7-8-17(11-16(15)2)21-20(23)14-22(12-18-5-3-9-24-18)13-19-6-4-10-25-19/h3-11H,12-14H2,1-2H3,(H,21,23)/p+1. The van der Waals surface area contributed by atoms with Gasteiger partial charge in [0.1, 0.15) is 13.1 Å². The summed E-state index contributed by atoms with van der Waals surface area (Å²) in [4.78, 5) is 16.4. The normalized spacial score (nSPS) is 11.0. The Morgan fingerprint density at radius 3 is 2.12 bits per heavy atom. The highest BCUT2D eigenvalue weighted by Crippen LogP contribution is 2.14. The van der Waals surface area contributed by atoms with Gasteiger partial charge in [0.05, 0.1) is 9.75 Å². The van der Waals surface area contributed by atoms with Crippen LogP contribution in [0.4, 0.5) is 5.69 Å². The zero-order chi connectivity index (χ0) is 17.6. The molecule has 0 aliphatic heterocycles. The number of hydrogen-bond donors (Lipinski definition) is 2. The van der Waals surface area contributed by atoms with Gasteiger partial charge >= 0.3 is 0 Å². The van der Waals surface area contributed by atoms with Crippen LogP contribution in [0.15, 0.2) is 53.2 Å². The van der Waals surface area contributed by atoms with Crippen LogP contribution in [-0.4, -0.2) is 12.5 Å². The lowest BCUT2D eigenvalue weighted by Crippen LogP contribution is -3.10. The van der Waals surface area contributed by atoms with E-state index in [1.165, 1.54) is 25.8 Å². The molecule has 0 bridgehead atoms. The van der Waals surface area contributed by atoms with E-state index in [2.05, 4.69) is 54.2 Å². The summed E-state index contributed by atoms with van der Waals surface area (Å²) in [5.74, 6) is 0.0614. The molecule has 3 nitrogen and oxygen atoms in total. The van der Waals surface area contributed by atoms with Crippen LogP contribution < -0.4 is 10.2 Å². The third-order valence-electron chi connectivity index (χ3n) is 4.21. The van der Waals surface area contributed by atoms with Crippen LogP contribution in [-0.2, 0) is 17.9 Å². The van der Waals surface area contributed by atoms with Crippen molar-refractivity contribution in [2.45, 2.75) is 26.9 Å². The van der Waals surface area contributed by atoms with E-state index in [9.17, 15) is 4.79 Å². The topological polar surface area (TPSA) is 33.5 Å². The Kier molecular flexibility index (Phi) is 6.02. The number of anilines is 1. The molecule has 0 aliphatic rings. The molecular formula is C20H23N2OS2+. The van der Waals surface area contributed by atoms with Gasteiger partial charge in [-0.3, -0.25) is 4.79 Å². The van der Waals surface area contributed by atoms with Crippen molar-refractivity contribution in [2.75, 3.05) is 11.9 Å². The molecule has 130 valence electrons. The maximum atomic E-state index is 12.6. The second kappa shape index (κ2) is 8.43. The zero-order valence-electron chi connectivity index (χ0n) is 14.5. The number of thiophene rings is 2. The first-order valence-electron chi connectivity index (χ1n) is 8.35. The summed E-state index contributed by atoms with van der Waals surface area (Å²) >= 11 is 3.50. The highest BCUT2D eigenvalue weighted by Gasteiger charge is 2.17. The molecule has 0 aliphatic carbocycles. The number of quaternary nitrogens is 1. The van der Waals surface area contributed by atoms with Crippen LogP contribution in [0, 0.1) is 13.8 Å². The summed E-state index contributed by atoms with van der Waals surface area (Å²) in [5.41, 5.74) is 3.31. The number of nitrogens with one attached hydrogen (secondary N) is 2. The quantitative estimate of drug-likeness (QED) is 0.653. The van der Waals surface area contributed by atoms with Crippen molar-refractivity contribution in [3.05, 3.63) is 74.1 Å². The molecule has 5 heteroatoms. The lowest BCUT2D eigenvalue weighted by molar-refractivity contribution is -0.918. The monoisotopic (exact) mass is 371 g/mol. The molecule has 0 atom stereocenters. The van der Waals surface area contributed by atoms with Crippen LogP contribution in [0.5, 0.6) is 0 Å². The molecule has 0 fully saturated rings. The molecular weight excluding hydrogens is 348 g/mol. The van der Waals surface area contributed by atoms with E-state index in [4.69, 9.17) is 0 Å². The number of aryl methyl sites for hydroxylation is 2. The Morgan fingerprint density at radius 2 is 1.60 bits per heavy atom. The van der Waals surface area contributed by atoms with Crippen molar-refractivity contribution in [3.63, 3.8) is 0 Å². The summed E-state index contributed by atoms with van der Waals surface area (Å²) < 4.78 is 0. The maximum absolute atomic E-state index is 12.6. The molecule has 2 N–H and O–H groups in total. The fourth-order valence-electron chi connectivity index (χ4n) is 2.76. The lowest BCUT2D eigenvalue weighted by Gasteiger charge is -2.18. The molecule has 2 aromatic heterocycles. The van der Waals surface area contributed by atoms with E-state index < -0.39 is 0 Å². The van der Waals surface area contributed by atoms with E-state index in [1.54, 1.807) is 22.7 Å². The van der Waals surface area contributed by atoms with Crippen molar-refractivity contribution in [2.24, 2.45) is 0 Å². The van der Waals surface area contributed by atoms with Gasteiger partial charge in [-0.25, -0.2) is 0 Å². The van der Waals surface area contributed by atoms with Crippen LogP contribution in [0.1, 0.15) is 20.9 Å². The van der Waals surface area contributed by atoms with Gasteiger partial charge in [0.2, 0.25) is 0 Å². The Morgan fingerprint density at radius 1 is 0.960 bits per heavy atom. The van der Waals surface area contributed by atoms with Crippen molar-refractivity contribution < 1.29 is 9.69 Å². The summed E-state index contributed by atoms with van der Waals surface area (Å²) in [6, 6.07) is 14.5. The van der Waals surface area contributed by atoms with Crippen molar-refractivity contribution in [1.29, 1.82) is 0 Å². The Bertz CT molecular complexity index is 774. The predicted molar refractivity (Wildman–Crippen MR) is 106 cm³/mol. The van der Waals surface area contributed by atoms with Gasteiger partial charge in [0.25, 0.3) is 5.91 Å². The molecule has 25 heavy (non-hydrogen) atoms. The molecule has 0 spiro atoms. The molecule has 0 saturated heterocycles. The van der Waals surface area contributed by atoms with Crippen molar-refractivity contribution >= 4 is 34.3 Å². The largest absolute Gasteiger partial charge is 0.321 e. The number of carbonyl (C=O) groups is 1. The third kappa shape index (κ3) is 5.26.